The number of nitrogens with zero attached hydrogens (tertiary/aromatic N) is 2. The Morgan fingerprint density at radius 1 is 0.742 bits per heavy atom. The first-order valence-corrected chi connectivity index (χ1v) is 10.1. The van der Waals surface area contributed by atoms with Crippen LogP contribution in [-0.4, -0.2) is 52.4 Å². The predicted molar refractivity (Wildman–Crippen MR) is 125 cm³/mol. The van der Waals surface area contributed by atoms with Crippen LogP contribution in [0.3, 0.4) is 0 Å². The second-order valence-corrected chi connectivity index (χ2v) is 7.74. The number of fused-ring (bicyclic) bond motifs is 1. The lowest BCUT2D eigenvalue weighted by Crippen LogP contribution is -2.21. The smallest absolute Gasteiger partial charge is 0.134 e. The zero-order chi connectivity index (χ0) is 22.0. The molecule has 4 rings (SSSR count). The lowest BCUT2D eigenvalue weighted by molar-refractivity contribution is 0.425. The molecule has 6 heteroatoms. The summed E-state index contributed by atoms with van der Waals surface area (Å²) in [6.07, 6.45) is 0. The number of nitrogens with one attached hydrogen (secondary N) is 1. The van der Waals surface area contributed by atoms with Gasteiger partial charge in [0, 0.05) is 29.6 Å². The fourth-order valence-corrected chi connectivity index (χ4v) is 3.58. The zero-order valence-electron chi connectivity index (χ0n) is 17.5. The van der Waals surface area contributed by atoms with Crippen LogP contribution in [-0.2, 0) is 0 Å². The third-order valence-electron chi connectivity index (χ3n) is 5.14. The minimum atomic E-state index is 0.166. The summed E-state index contributed by atoms with van der Waals surface area (Å²) in [7, 11) is 4.02. The zero-order valence-corrected chi connectivity index (χ0v) is 17.5. The van der Waals surface area contributed by atoms with Crippen molar-refractivity contribution in [2.45, 2.75) is 0 Å². The van der Waals surface area contributed by atoms with Crippen molar-refractivity contribution in [3.8, 4) is 39.6 Å². The number of hydrogen-bond acceptors (Lipinski definition) is 6. The minimum absolute atomic E-state index is 0.166. The van der Waals surface area contributed by atoms with Gasteiger partial charge in [0.2, 0.25) is 0 Å². The summed E-state index contributed by atoms with van der Waals surface area (Å²) >= 11 is 0. The van der Waals surface area contributed by atoms with Crippen molar-refractivity contribution < 1.29 is 15.3 Å². The number of phenolic OH excluding ortho intramolecular Hbond substituents is 3. The third kappa shape index (κ3) is 4.39. The second-order valence-electron chi connectivity index (χ2n) is 7.74. The Kier molecular flexibility index (Phi) is 5.64. The van der Waals surface area contributed by atoms with Crippen LogP contribution in [0.1, 0.15) is 0 Å². The van der Waals surface area contributed by atoms with Crippen LogP contribution < -0.4 is 5.32 Å². The van der Waals surface area contributed by atoms with E-state index >= 15 is 0 Å². The van der Waals surface area contributed by atoms with Crippen LogP contribution >= 0.6 is 0 Å². The third-order valence-corrected chi connectivity index (χ3v) is 5.14. The molecule has 0 amide bonds. The Labute approximate surface area is 181 Å². The summed E-state index contributed by atoms with van der Waals surface area (Å²) in [6.45, 7) is 1.52. The highest BCUT2D eigenvalue weighted by atomic mass is 16.3. The molecule has 0 atom stereocenters. The van der Waals surface area contributed by atoms with E-state index in [-0.39, 0.29) is 17.2 Å². The summed E-state index contributed by atoms with van der Waals surface area (Å²) in [5.74, 6) is 1.22. The van der Waals surface area contributed by atoms with Crippen LogP contribution in [0, 0.1) is 0 Å². The van der Waals surface area contributed by atoms with E-state index in [4.69, 9.17) is 4.98 Å². The van der Waals surface area contributed by atoms with Crippen LogP contribution in [0.25, 0.3) is 33.2 Å². The number of likely N-dealkylation sites (N-methyl/N-ethyl adjacent to an activating group) is 1. The van der Waals surface area contributed by atoms with Gasteiger partial charge < -0.3 is 25.5 Å². The molecule has 0 bridgehead atoms. The van der Waals surface area contributed by atoms with E-state index in [1.165, 1.54) is 0 Å². The molecule has 0 aliphatic rings. The lowest BCUT2D eigenvalue weighted by Gasteiger charge is -2.18. The summed E-state index contributed by atoms with van der Waals surface area (Å²) in [6, 6.07) is 19.2. The highest BCUT2D eigenvalue weighted by Gasteiger charge is 2.18. The molecule has 0 aliphatic heterocycles. The summed E-state index contributed by atoms with van der Waals surface area (Å²) in [5, 5.41) is 34.8. The number of phenols is 3. The van der Waals surface area contributed by atoms with Gasteiger partial charge in [-0.15, -0.1) is 0 Å². The van der Waals surface area contributed by atoms with Gasteiger partial charge in [0.25, 0.3) is 0 Å². The molecule has 0 unspecified atom stereocenters. The Morgan fingerprint density at radius 2 is 1.32 bits per heavy atom. The van der Waals surface area contributed by atoms with E-state index < -0.39 is 0 Å². The molecule has 0 radical (unpaired) electrons. The molecule has 31 heavy (non-hydrogen) atoms. The molecule has 0 spiro atoms. The molecule has 0 saturated heterocycles. The fourth-order valence-electron chi connectivity index (χ4n) is 3.58. The molecular weight excluding hydrogens is 390 g/mol. The molecule has 4 N–H and O–H groups in total. The molecular formula is C25H25N3O3. The van der Waals surface area contributed by atoms with Crippen molar-refractivity contribution in [3.63, 3.8) is 0 Å². The van der Waals surface area contributed by atoms with E-state index in [9.17, 15) is 15.3 Å². The number of rotatable bonds is 6. The number of anilines is 1. The van der Waals surface area contributed by atoms with Crippen molar-refractivity contribution in [2.24, 2.45) is 0 Å². The standard InChI is InChI=1S/C25H25N3O3/c1-28(2)14-13-26-25-22-15-20(31)11-12-21(22)23(16-3-7-18(29)8-4-16)24(27-25)17-5-9-19(30)10-6-17/h3-12,15,29-31H,13-14H2,1-2H3,(H,26,27). The number of aromatic nitrogens is 1. The van der Waals surface area contributed by atoms with Crippen molar-refractivity contribution in [1.82, 2.24) is 9.88 Å². The maximum absolute atomic E-state index is 10.2. The monoisotopic (exact) mass is 415 g/mol. The minimum Gasteiger partial charge on any atom is -0.508 e. The van der Waals surface area contributed by atoms with Gasteiger partial charge in [-0.25, -0.2) is 4.98 Å². The number of aromatic hydroxyl groups is 3. The van der Waals surface area contributed by atoms with E-state index in [1.54, 1.807) is 36.4 Å². The first-order chi connectivity index (χ1) is 14.9. The largest absolute Gasteiger partial charge is 0.508 e. The number of benzene rings is 3. The lowest BCUT2D eigenvalue weighted by atomic mass is 9.93. The van der Waals surface area contributed by atoms with Crippen molar-refractivity contribution >= 4 is 16.6 Å². The van der Waals surface area contributed by atoms with Crippen molar-refractivity contribution in [1.29, 1.82) is 0 Å². The second kappa shape index (κ2) is 8.53. The maximum atomic E-state index is 10.2. The topological polar surface area (TPSA) is 88.9 Å². The highest BCUT2D eigenvalue weighted by Crippen LogP contribution is 2.41. The SMILES string of the molecule is CN(C)CCNc1nc(-c2ccc(O)cc2)c(-c2ccc(O)cc2)c2ccc(O)cc12. The summed E-state index contributed by atoms with van der Waals surface area (Å²) in [4.78, 5) is 7.03. The van der Waals surface area contributed by atoms with Crippen LogP contribution in [0.2, 0.25) is 0 Å². The van der Waals surface area contributed by atoms with Gasteiger partial charge in [-0.2, -0.15) is 0 Å². The van der Waals surface area contributed by atoms with Crippen LogP contribution in [0.15, 0.2) is 66.7 Å². The Hall–Kier alpha value is -3.77. The summed E-state index contributed by atoms with van der Waals surface area (Å²) in [5.41, 5.74) is 3.38. The molecule has 0 fully saturated rings. The molecule has 158 valence electrons. The summed E-state index contributed by atoms with van der Waals surface area (Å²) < 4.78 is 0. The molecule has 4 aromatic rings. The average Bonchev–Trinajstić information content (AvgIpc) is 2.74. The molecule has 6 nitrogen and oxygen atoms in total. The van der Waals surface area contributed by atoms with Gasteiger partial charge in [0.15, 0.2) is 0 Å². The van der Waals surface area contributed by atoms with Gasteiger partial charge in [-0.1, -0.05) is 12.1 Å². The van der Waals surface area contributed by atoms with E-state index in [2.05, 4.69) is 10.2 Å². The Morgan fingerprint density at radius 3 is 1.94 bits per heavy atom. The van der Waals surface area contributed by atoms with Gasteiger partial charge in [0.05, 0.1) is 5.69 Å². The molecule has 1 heterocycles. The molecule has 0 aliphatic carbocycles. The molecule has 3 aromatic carbocycles. The maximum Gasteiger partial charge on any atom is 0.134 e. The number of pyridine rings is 1. The normalized spacial score (nSPS) is 11.2. The van der Waals surface area contributed by atoms with Gasteiger partial charge in [-0.05, 0) is 79.6 Å². The van der Waals surface area contributed by atoms with Crippen molar-refractivity contribution in [3.05, 3.63) is 66.7 Å². The van der Waals surface area contributed by atoms with E-state index in [1.807, 2.05) is 44.4 Å². The first-order valence-electron chi connectivity index (χ1n) is 10.1. The quantitative estimate of drug-likeness (QED) is 0.366. The molecule has 1 aromatic heterocycles. The van der Waals surface area contributed by atoms with Gasteiger partial charge in [0.1, 0.15) is 23.1 Å². The van der Waals surface area contributed by atoms with Crippen LogP contribution in [0.4, 0.5) is 5.82 Å². The number of hydrogen-bond donors (Lipinski definition) is 4. The van der Waals surface area contributed by atoms with Gasteiger partial charge >= 0.3 is 0 Å². The van der Waals surface area contributed by atoms with Gasteiger partial charge in [-0.3, -0.25) is 0 Å². The van der Waals surface area contributed by atoms with E-state index in [0.29, 0.717) is 12.4 Å². The molecule has 0 saturated carbocycles. The fraction of sp³-hybridized carbons (Fsp3) is 0.160. The average molecular weight is 415 g/mol. The van der Waals surface area contributed by atoms with Crippen LogP contribution in [0.5, 0.6) is 17.2 Å². The van der Waals surface area contributed by atoms with E-state index in [0.717, 1.165) is 39.7 Å². The van der Waals surface area contributed by atoms with Crippen molar-refractivity contribution in [2.75, 3.05) is 32.5 Å². The Bertz CT molecular complexity index is 1200. The highest BCUT2D eigenvalue weighted by molar-refractivity contribution is 6.07. The first kappa shape index (κ1) is 20.5. The predicted octanol–water partition coefficient (Wildman–Crippen LogP) is 4.66. The Balaban J connectivity index is 1.99.